The molecule has 1 heterocycles. The van der Waals surface area contributed by atoms with Crippen molar-refractivity contribution in [3.05, 3.63) is 53.2 Å². The molecule has 0 unspecified atom stereocenters. The molecule has 18 heavy (non-hydrogen) atoms. The van der Waals surface area contributed by atoms with Crippen molar-refractivity contribution in [1.82, 2.24) is 10.3 Å². The highest BCUT2D eigenvalue weighted by molar-refractivity contribution is 5.38. The molecule has 0 fully saturated rings. The van der Waals surface area contributed by atoms with E-state index in [-0.39, 0.29) is 0 Å². The second kappa shape index (κ2) is 5.65. The first-order chi connectivity index (χ1) is 8.69. The van der Waals surface area contributed by atoms with Gasteiger partial charge in [0.05, 0.1) is 0 Å². The maximum atomic E-state index is 5.77. The number of rotatable bonds is 4. The fourth-order valence-corrected chi connectivity index (χ4v) is 1.81. The molecule has 0 aliphatic heterocycles. The van der Waals surface area contributed by atoms with Gasteiger partial charge in [-0.15, -0.1) is 0 Å². The van der Waals surface area contributed by atoms with Crippen LogP contribution in [0.15, 0.2) is 36.5 Å². The monoisotopic (exact) mass is 242 g/mol. The summed E-state index contributed by atoms with van der Waals surface area (Å²) in [6, 6.07) is 10.0. The van der Waals surface area contributed by atoms with Crippen LogP contribution >= 0.6 is 0 Å². The summed E-state index contributed by atoms with van der Waals surface area (Å²) < 4.78 is 5.77. The number of ether oxygens (including phenoxy) is 1. The first kappa shape index (κ1) is 12.6. The zero-order valence-corrected chi connectivity index (χ0v) is 11.0. The van der Waals surface area contributed by atoms with Gasteiger partial charge in [-0.25, -0.2) is 4.98 Å². The molecule has 2 rings (SSSR count). The SMILES string of the molecule is CNCc1ccc(Oc2ccc(C)cc2C)nc1. The van der Waals surface area contributed by atoms with Crippen LogP contribution in [0.2, 0.25) is 0 Å². The van der Waals surface area contributed by atoms with Crippen molar-refractivity contribution in [3.8, 4) is 11.6 Å². The molecule has 0 aliphatic rings. The highest BCUT2D eigenvalue weighted by Crippen LogP contribution is 2.24. The number of hydrogen-bond acceptors (Lipinski definition) is 3. The Morgan fingerprint density at radius 3 is 2.61 bits per heavy atom. The van der Waals surface area contributed by atoms with Crippen LogP contribution in [0.5, 0.6) is 11.6 Å². The fourth-order valence-electron chi connectivity index (χ4n) is 1.81. The Hall–Kier alpha value is -1.87. The van der Waals surface area contributed by atoms with E-state index in [2.05, 4.69) is 23.3 Å². The van der Waals surface area contributed by atoms with Crippen molar-refractivity contribution in [2.45, 2.75) is 20.4 Å². The molecular formula is C15H18N2O. The van der Waals surface area contributed by atoms with Gasteiger partial charge in [-0.1, -0.05) is 23.8 Å². The summed E-state index contributed by atoms with van der Waals surface area (Å²) in [5.74, 6) is 1.48. The Bertz CT molecular complexity index is 521. The number of aromatic nitrogens is 1. The number of aryl methyl sites for hydroxylation is 2. The second-order valence-corrected chi connectivity index (χ2v) is 4.41. The molecule has 0 saturated carbocycles. The van der Waals surface area contributed by atoms with E-state index in [0.717, 1.165) is 23.4 Å². The van der Waals surface area contributed by atoms with Gasteiger partial charge in [0.25, 0.3) is 0 Å². The highest BCUT2D eigenvalue weighted by Gasteiger charge is 2.02. The Morgan fingerprint density at radius 1 is 1.17 bits per heavy atom. The first-order valence-corrected chi connectivity index (χ1v) is 6.03. The molecule has 0 spiro atoms. The summed E-state index contributed by atoms with van der Waals surface area (Å²) in [6.45, 7) is 4.93. The van der Waals surface area contributed by atoms with Crippen LogP contribution in [0.4, 0.5) is 0 Å². The molecular weight excluding hydrogens is 224 g/mol. The van der Waals surface area contributed by atoms with Crippen molar-refractivity contribution in [2.75, 3.05) is 7.05 Å². The van der Waals surface area contributed by atoms with Gasteiger partial charge >= 0.3 is 0 Å². The lowest BCUT2D eigenvalue weighted by Gasteiger charge is -2.09. The highest BCUT2D eigenvalue weighted by atomic mass is 16.5. The van der Waals surface area contributed by atoms with Crippen LogP contribution in [-0.4, -0.2) is 12.0 Å². The van der Waals surface area contributed by atoms with Crippen LogP contribution in [-0.2, 0) is 6.54 Å². The predicted octanol–water partition coefficient (Wildman–Crippen LogP) is 3.21. The van der Waals surface area contributed by atoms with E-state index >= 15 is 0 Å². The summed E-state index contributed by atoms with van der Waals surface area (Å²) >= 11 is 0. The van der Waals surface area contributed by atoms with Gasteiger partial charge in [-0.05, 0) is 38.1 Å². The van der Waals surface area contributed by atoms with Crippen LogP contribution < -0.4 is 10.1 Å². The van der Waals surface area contributed by atoms with Crippen molar-refractivity contribution in [2.24, 2.45) is 0 Å². The van der Waals surface area contributed by atoms with Crippen LogP contribution in [0, 0.1) is 13.8 Å². The Kier molecular flexibility index (Phi) is 3.95. The molecule has 0 atom stereocenters. The third-order valence-electron chi connectivity index (χ3n) is 2.72. The van der Waals surface area contributed by atoms with E-state index in [1.165, 1.54) is 5.56 Å². The predicted molar refractivity (Wildman–Crippen MR) is 73.0 cm³/mol. The topological polar surface area (TPSA) is 34.1 Å². The number of benzene rings is 1. The van der Waals surface area contributed by atoms with Crippen molar-refractivity contribution in [3.63, 3.8) is 0 Å². The molecule has 0 amide bonds. The molecule has 1 N–H and O–H groups in total. The van der Waals surface area contributed by atoms with Crippen molar-refractivity contribution in [1.29, 1.82) is 0 Å². The second-order valence-electron chi connectivity index (χ2n) is 4.41. The summed E-state index contributed by atoms with van der Waals surface area (Å²) in [6.07, 6.45) is 1.83. The number of nitrogens with zero attached hydrogens (tertiary/aromatic N) is 1. The van der Waals surface area contributed by atoms with Crippen LogP contribution in [0.3, 0.4) is 0 Å². The Morgan fingerprint density at radius 2 is 2.00 bits per heavy atom. The average Bonchev–Trinajstić information content (AvgIpc) is 2.35. The lowest BCUT2D eigenvalue weighted by atomic mass is 10.1. The van der Waals surface area contributed by atoms with E-state index < -0.39 is 0 Å². The minimum atomic E-state index is 0.627. The van der Waals surface area contributed by atoms with Gasteiger partial charge in [-0.2, -0.15) is 0 Å². The average molecular weight is 242 g/mol. The lowest BCUT2D eigenvalue weighted by molar-refractivity contribution is 0.459. The van der Waals surface area contributed by atoms with Crippen LogP contribution in [0.25, 0.3) is 0 Å². The van der Waals surface area contributed by atoms with E-state index in [1.54, 1.807) is 0 Å². The van der Waals surface area contributed by atoms with E-state index in [4.69, 9.17) is 4.74 Å². The minimum absolute atomic E-state index is 0.627. The Labute approximate surface area is 108 Å². The third kappa shape index (κ3) is 3.08. The Balaban J connectivity index is 2.13. The lowest BCUT2D eigenvalue weighted by Crippen LogP contribution is -2.05. The molecule has 0 aliphatic carbocycles. The molecule has 0 radical (unpaired) electrons. The van der Waals surface area contributed by atoms with Gasteiger partial charge in [0.15, 0.2) is 0 Å². The zero-order valence-electron chi connectivity index (χ0n) is 11.0. The molecule has 2 aromatic rings. The zero-order chi connectivity index (χ0) is 13.0. The molecule has 0 bridgehead atoms. The molecule has 94 valence electrons. The van der Waals surface area contributed by atoms with Crippen molar-refractivity contribution < 1.29 is 4.74 Å². The smallest absolute Gasteiger partial charge is 0.219 e. The summed E-state index contributed by atoms with van der Waals surface area (Å²) in [4.78, 5) is 4.29. The number of nitrogens with one attached hydrogen (secondary N) is 1. The number of hydrogen-bond donors (Lipinski definition) is 1. The molecule has 3 heteroatoms. The van der Waals surface area contributed by atoms with Gasteiger partial charge in [0.2, 0.25) is 5.88 Å². The van der Waals surface area contributed by atoms with Gasteiger partial charge in [-0.3, -0.25) is 0 Å². The summed E-state index contributed by atoms with van der Waals surface area (Å²) in [5.41, 5.74) is 3.50. The quantitative estimate of drug-likeness (QED) is 0.894. The molecule has 0 saturated heterocycles. The van der Waals surface area contributed by atoms with Crippen molar-refractivity contribution >= 4 is 0 Å². The van der Waals surface area contributed by atoms with Gasteiger partial charge < -0.3 is 10.1 Å². The third-order valence-corrected chi connectivity index (χ3v) is 2.72. The molecule has 1 aromatic heterocycles. The van der Waals surface area contributed by atoms with E-state index in [9.17, 15) is 0 Å². The molecule has 3 nitrogen and oxygen atoms in total. The van der Waals surface area contributed by atoms with Gasteiger partial charge in [0.1, 0.15) is 5.75 Å². The van der Waals surface area contributed by atoms with E-state index in [1.807, 2.05) is 44.4 Å². The first-order valence-electron chi connectivity index (χ1n) is 6.03. The largest absolute Gasteiger partial charge is 0.439 e. The minimum Gasteiger partial charge on any atom is -0.439 e. The molecule has 1 aromatic carbocycles. The van der Waals surface area contributed by atoms with E-state index in [0.29, 0.717) is 5.88 Å². The normalized spacial score (nSPS) is 10.4. The standard InChI is InChI=1S/C15H18N2O/c1-11-4-6-14(12(2)8-11)18-15-7-5-13(9-16-3)10-17-15/h4-8,10,16H,9H2,1-3H3. The van der Waals surface area contributed by atoms with Crippen LogP contribution in [0.1, 0.15) is 16.7 Å². The van der Waals surface area contributed by atoms with Gasteiger partial charge in [0, 0.05) is 18.8 Å². The fraction of sp³-hybridized carbons (Fsp3) is 0.267. The number of pyridine rings is 1. The maximum absolute atomic E-state index is 5.77. The maximum Gasteiger partial charge on any atom is 0.219 e. The summed E-state index contributed by atoms with van der Waals surface area (Å²) in [7, 11) is 1.92. The summed E-state index contributed by atoms with van der Waals surface area (Å²) in [5, 5.41) is 3.09.